The van der Waals surface area contributed by atoms with Crippen LogP contribution in [0.2, 0.25) is 0 Å². The summed E-state index contributed by atoms with van der Waals surface area (Å²) in [6.45, 7) is 5.37. The summed E-state index contributed by atoms with van der Waals surface area (Å²) in [7, 11) is 0. The number of nitrogens with one attached hydrogen (secondary N) is 1. The normalized spacial score (nSPS) is 11.9. The highest BCUT2D eigenvalue weighted by Crippen LogP contribution is 2.29. The van der Waals surface area contributed by atoms with Crippen molar-refractivity contribution in [3.8, 4) is 0 Å². The van der Waals surface area contributed by atoms with E-state index in [0.717, 1.165) is 10.2 Å². The summed E-state index contributed by atoms with van der Waals surface area (Å²) >= 11 is 1.52. The SMILES string of the molecule is CC(C)(C)OC(=O)Nc1nc2ccc3scnc3c2o1. The Labute approximate surface area is 118 Å². The molecule has 7 heteroatoms. The number of aromatic nitrogens is 2. The van der Waals surface area contributed by atoms with Crippen molar-refractivity contribution in [2.45, 2.75) is 26.4 Å². The summed E-state index contributed by atoms with van der Waals surface area (Å²) in [5.74, 6) is 0. The zero-order chi connectivity index (χ0) is 14.3. The molecule has 20 heavy (non-hydrogen) atoms. The maximum absolute atomic E-state index is 11.7. The Balaban J connectivity index is 1.91. The lowest BCUT2D eigenvalue weighted by molar-refractivity contribution is 0.0632. The molecule has 1 aromatic carbocycles. The first-order chi connectivity index (χ1) is 9.42. The molecule has 0 unspecified atom stereocenters. The van der Waals surface area contributed by atoms with Crippen molar-refractivity contribution in [1.82, 2.24) is 9.97 Å². The van der Waals surface area contributed by atoms with Gasteiger partial charge in [0.15, 0.2) is 5.58 Å². The minimum atomic E-state index is -0.599. The average molecular weight is 291 g/mol. The average Bonchev–Trinajstić information content (AvgIpc) is 2.89. The molecule has 104 valence electrons. The zero-order valence-corrected chi connectivity index (χ0v) is 12.1. The maximum atomic E-state index is 11.7. The highest BCUT2D eigenvalue weighted by Gasteiger charge is 2.19. The summed E-state index contributed by atoms with van der Waals surface area (Å²) in [5, 5.41) is 2.48. The van der Waals surface area contributed by atoms with E-state index in [9.17, 15) is 4.79 Å². The molecule has 0 aliphatic rings. The third-order valence-electron chi connectivity index (χ3n) is 2.46. The number of nitrogens with zero attached hydrogens (tertiary/aromatic N) is 2. The number of hydrogen-bond acceptors (Lipinski definition) is 6. The van der Waals surface area contributed by atoms with Gasteiger partial charge in [0.1, 0.15) is 16.6 Å². The molecule has 0 bridgehead atoms. The van der Waals surface area contributed by atoms with Crippen LogP contribution in [0.15, 0.2) is 22.1 Å². The van der Waals surface area contributed by atoms with Crippen LogP contribution < -0.4 is 5.32 Å². The Morgan fingerprint density at radius 2 is 2.20 bits per heavy atom. The topological polar surface area (TPSA) is 77.2 Å². The van der Waals surface area contributed by atoms with E-state index in [-0.39, 0.29) is 6.01 Å². The van der Waals surface area contributed by atoms with E-state index in [1.54, 1.807) is 26.3 Å². The number of carbonyl (C=O) groups is 1. The molecule has 3 rings (SSSR count). The van der Waals surface area contributed by atoms with Gasteiger partial charge in [-0.2, -0.15) is 4.98 Å². The Hall–Kier alpha value is -2.15. The predicted molar refractivity (Wildman–Crippen MR) is 77.0 cm³/mol. The Morgan fingerprint density at radius 1 is 1.40 bits per heavy atom. The number of amides is 1. The van der Waals surface area contributed by atoms with E-state index in [0.29, 0.717) is 11.1 Å². The third-order valence-corrected chi connectivity index (χ3v) is 3.26. The largest absolute Gasteiger partial charge is 0.443 e. The summed E-state index contributed by atoms with van der Waals surface area (Å²) in [6, 6.07) is 3.86. The lowest BCUT2D eigenvalue weighted by atomic mass is 10.2. The van der Waals surface area contributed by atoms with Gasteiger partial charge in [-0.15, -0.1) is 11.3 Å². The fourth-order valence-electron chi connectivity index (χ4n) is 1.76. The Morgan fingerprint density at radius 3 is 2.95 bits per heavy atom. The minimum Gasteiger partial charge on any atom is -0.443 e. The highest BCUT2D eigenvalue weighted by molar-refractivity contribution is 7.16. The van der Waals surface area contributed by atoms with Crippen LogP contribution in [0, 0.1) is 0 Å². The fraction of sp³-hybridized carbons (Fsp3) is 0.308. The molecular formula is C13H13N3O3S. The van der Waals surface area contributed by atoms with Crippen molar-refractivity contribution >= 4 is 44.8 Å². The summed E-state index contributed by atoms with van der Waals surface area (Å²) in [6.07, 6.45) is -0.599. The van der Waals surface area contributed by atoms with E-state index in [4.69, 9.17) is 9.15 Å². The molecule has 1 N–H and O–H groups in total. The lowest BCUT2D eigenvalue weighted by Crippen LogP contribution is -2.27. The van der Waals surface area contributed by atoms with Gasteiger partial charge in [-0.25, -0.2) is 15.1 Å². The molecule has 0 aliphatic heterocycles. The van der Waals surface area contributed by atoms with Gasteiger partial charge in [-0.1, -0.05) is 0 Å². The number of benzene rings is 1. The van der Waals surface area contributed by atoms with E-state index < -0.39 is 11.7 Å². The maximum Gasteiger partial charge on any atom is 0.415 e. The number of thiazole rings is 1. The van der Waals surface area contributed by atoms with E-state index >= 15 is 0 Å². The molecule has 1 amide bonds. The van der Waals surface area contributed by atoms with E-state index in [1.807, 2.05) is 12.1 Å². The molecule has 0 saturated heterocycles. The number of oxazole rings is 1. The van der Waals surface area contributed by atoms with Crippen LogP contribution in [-0.4, -0.2) is 21.7 Å². The molecule has 0 fully saturated rings. The second-order valence-electron chi connectivity index (χ2n) is 5.26. The molecule has 0 radical (unpaired) electrons. The van der Waals surface area contributed by atoms with Crippen molar-refractivity contribution in [2.75, 3.05) is 5.32 Å². The van der Waals surface area contributed by atoms with Crippen molar-refractivity contribution in [2.24, 2.45) is 0 Å². The molecule has 2 aromatic heterocycles. The van der Waals surface area contributed by atoms with Gasteiger partial charge < -0.3 is 9.15 Å². The van der Waals surface area contributed by atoms with Crippen LogP contribution in [0.5, 0.6) is 0 Å². The van der Waals surface area contributed by atoms with Crippen LogP contribution in [-0.2, 0) is 4.74 Å². The second-order valence-corrected chi connectivity index (χ2v) is 6.15. The Bertz CT molecular complexity index is 785. The second kappa shape index (κ2) is 4.45. The highest BCUT2D eigenvalue weighted by atomic mass is 32.1. The molecule has 0 saturated carbocycles. The first-order valence-electron chi connectivity index (χ1n) is 6.05. The van der Waals surface area contributed by atoms with Gasteiger partial charge in [0.05, 0.1) is 10.2 Å². The summed E-state index contributed by atoms with van der Waals surface area (Å²) in [5.41, 5.74) is 3.13. The van der Waals surface area contributed by atoms with Crippen LogP contribution in [0.1, 0.15) is 20.8 Å². The lowest BCUT2D eigenvalue weighted by Gasteiger charge is -2.18. The smallest absolute Gasteiger partial charge is 0.415 e. The number of fused-ring (bicyclic) bond motifs is 3. The van der Waals surface area contributed by atoms with Gasteiger partial charge in [0.25, 0.3) is 0 Å². The van der Waals surface area contributed by atoms with Gasteiger partial charge >= 0.3 is 12.1 Å². The summed E-state index contributed by atoms with van der Waals surface area (Å²) in [4.78, 5) is 20.1. The van der Waals surface area contributed by atoms with Crippen molar-refractivity contribution in [3.05, 3.63) is 17.6 Å². The molecular weight excluding hydrogens is 278 g/mol. The van der Waals surface area contributed by atoms with Crippen LogP contribution in [0.3, 0.4) is 0 Å². The van der Waals surface area contributed by atoms with Crippen molar-refractivity contribution in [3.63, 3.8) is 0 Å². The van der Waals surface area contributed by atoms with Crippen LogP contribution in [0.4, 0.5) is 10.8 Å². The van der Waals surface area contributed by atoms with E-state index in [2.05, 4.69) is 15.3 Å². The standard InChI is InChI=1S/C13H13N3O3S/c1-13(2,3)19-12(17)16-11-15-7-4-5-8-9(10(7)18-11)14-6-20-8/h4-6H,1-3H3,(H,15,16,17). The monoisotopic (exact) mass is 291 g/mol. The predicted octanol–water partition coefficient (Wildman–Crippen LogP) is 3.78. The molecule has 0 aliphatic carbocycles. The number of anilines is 1. The number of rotatable bonds is 1. The molecule has 2 heterocycles. The quantitative estimate of drug-likeness (QED) is 0.738. The molecule has 0 atom stereocenters. The molecule has 0 spiro atoms. The first-order valence-corrected chi connectivity index (χ1v) is 6.93. The Kier molecular flexibility index (Phi) is 2.86. The molecule has 3 aromatic rings. The fourth-order valence-corrected chi connectivity index (χ4v) is 2.43. The van der Waals surface area contributed by atoms with Gasteiger partial charge in [0, 0.05) is 0 Å². The number of ether oxygens (including phenoxy) is 1. The third kappa shape index (κ3) is 2.44. The first kappa shape index (κ1) is 12.9. The van der Waals surface area contributed by atoms with Gasteiger partial charge in [-0.3, -0.25) is 0 Å². The van der Waals surface area contributed by atoms with Crippen molar-refractivity contribution < 1.29 is 13.9 Å². The number of hydrogen-bond donors (Lipinski definition) is 1. The van der Waals surface area contributed by atoms with E-state index in [1.165, 1.54) is 11.3 Å². The van der Waals surface area contributed by atoms with Gasteiger partial charge in [-0.05, 0) is 32.9 Å². The summed E-state index contributed by atoms with van der Waals surface area (Å²) < 4.78 is 11.7. The minimum absolute atomic E-state index is 0.106. The molecule has 6 nitrogen and oxygen atoms in total. The van der Waals surface area contributed by atoms with Crippen LogP contribution in [0.25, 0.3) is 21.3 Å². The number of carbonyl (C=O) groups excluding carboxylic acids is 1. The van der Waals surface area contributed by atoms with Crippen LogP contribution >= 0.6 is 11.3 Å². The van der Waals surface area contributed by atoms with Gasteiger partial charge in [0.2, 0.25) is 0 Å². The van der Waals surface area contributed by atoms with Crippen molar-refractivity contribution in [1.29, 1.82) is 0 Å². The zero-order valence-electron chi connectivity index (χ0n) is 11.3.